The molecule has 0 saturated heterocycles. The third-order valence-corrected chi connectivity index (χ3v) is 12.9. The number of nitrogens with zero attached hydrogens (tertiary/aromatic N) is 4. The summed E-state index contributed by atoms with van der Waals surface area (Å²) in [5.41, 5.74) is 21.3. The lowest BCUT2D eigenvalue weighted by atomic mass is 9.87. The highest BCUT2D eigenvalue weighted by molar-refractivity contribution is 5.93. The van der Waals surface area contributed by atoms with Crippen molar-refractivity contribution in [2.24, 2.45) is 0 Å². The van der Waals surface area contributed by atoms with Crippen molar-refractivity contribution in [2.45, 2.75) is 25.7 Å². The normalized spacial score (nSPS) is 11.2. The number of para-hydroxylation sites is 1. The summed E-state index contributed by atoms with van der Waals surface area (Å²) in [4.78, 5) is 19.4. The summed E-state index contributed by atoms with van der Waals surface area (Å²) >= 11 is 0. The molecule has 7 aromatic carbocycles. The van der Waals surface area contributed by atoms with Gasteiger partial charge in [-0.15, -0.1) is 0 Å². The predicted octanol–water partition coefficient (Wildman–Crippen LogP) is 15.7. The van der Waals surface area contributed by atoms with Crippen LogP contribution in [0.3, 0.4) is 0 Å². The van der Waals surface area contributed by atoms with Crippen LogP contribution in [0.25, 0.3) is 89.3 Å². The van der Waals surface area contributed by atoms with Gasteiger partial charge >= 0.3 is 0 Å². The van der Waals surface area contributed by atoms with Gasteiger partial charge in [0.25, 0.3) is 0 Å². The number of fused-ring (bicyclic) bond motifs is 1. The van der Waals surface area contributed by atoms with E-state index in [1.165, 1.54) is 44.5 Å². The smallest absolute Gasteiger partial charge is 0.0894 e. The molecule has 0 fully saturated rings. The van der Waals surface area contributed by atoms with E-state index in [0.717, 1.165) is 92.7 Å². The van der Waals surface area contributed by atoms with Crippen molar-refractivity contribution >= 4 is 10.9 Å². The fourth-order valence-corrected chi connectivity index (χ4v) is 9.24. The third kappa shape index (κ3) is 9.40. The molecule has 4 aromatic heterocycles. The van der Waals surface area contributed by atoms with Crippen LogP contribution in [0.15, 0.2) is 243 Å². The van der Waals surface area contributed by atoms with Crippen molar-refractivity contribution in [3.05, 3.63) is 265 Å². The Hall–Kier alpha value is -8.60. The Bertz CT molecular complexity index is 3360. The van der Waals surface area contributed by atoms with Crippen LogP contribution in [-0.2, 0) is 25.7 Å². The van der Waals surface area contributed by atoms with Crippen molar-refractivity contribution in [2.75, 3.05) is 0 Å². The number of hydrogen-bond acceptors (Lipinski definition) is 4. The number of pyridine rings is 4. The summed E-state index contributed by atoms with van der Waals surface area (Å²) in [6, 6.07) is 80.1. The second-order valence-electron chi connectivity index (χ2n) is 17.4. The van der Waals surface area contributed by atoms with E-state index < -0.39 is 0 Å². The average molecular weight is 873 g/mol. The highest BCUT2D eigenvalue weighted by atomic mass is 14.8. The Kier molecular flexibility index (Phi) is 12.0. The molecule has 0 bridgehead atoms. The first kappa shape index (κ1) is 42.1. The molecule has 0 radical (unpaired) electrons. The van der Waals surface area contributed by atoms with Crippen LogP contribution in [0.1, 0.15) is 22.3 Å². The van der Waals surface area contributed by atoms with Crippen LogP contribution in [0.4, 0.5) is 0 Å². The molecule has 0 amide bonds. The van der Waals surface area contributed by atoms with Gasteiger partial charge in [0.2, 0.25) is 0 Å². The van der Waals surface area contributed by atoms with E-state index in [4.69, 9.17) is 9.97 Å². The topological polar surface area (TPSA) is 51.6 Å². The first-order valence-electron chi connectivity index (χ1n) is 23.4. The van der Waals surface area contributed by atoms with Gasteiger partial charge < -0.3 is 0 Å². The van der Waals surface area contributed by atoms with Gasteiger partial charge in [-0.3, -0.25) is 15.0 Å². The van der Waals surface area contributed by atoms with Gasteiger partial charge in [-0.1, -0.05) is 182 Å². The van der Waals surface area contributed by atoms with Crippen molar-refractivity contribution in [1.29, 1.82) is 0 Å². The van der Waals surface area contributed by atoms with Gasteiger partial charge in [0.15, 0.2) is 0 Å². The van der Waals surface area contributed by atoms with E-state index >= 15 is 0 Å². The second kappa shape index (κ2) is 19.5. The maximum Gasteiger partial charge on any atom is 0.0894 e. The summed E-state index contributed by atoms with van der Waals surface area (Å²) < 4.78 is 0. The quantitative estimate of drug-likeness (QED) is 0.116. The molecule has 0 spiro atoms. The summed E-state index contributed by atoms with van der Waals surface area (Å²) in [5.74, 6) is 0. The Morgan fingerprint density at radius 2 is 0.794 bits per heavy atom. The Balaban J connectivity index is 0.968. The molecule has 324 valence electrons. The Morgan fingerprint density at radius 1 is 0.265 bits per heavy atom. The van der Waals surface area contributed by atoms with Crippen molar-refractivity contribution < 1.29 is 0 Å². The first-order chi connectivity index (χ1) is 33.7. The molecule has 0 aliphatic heterocycles. The maximum absolute atomic E-state index is 5.16. The first-order valence-corrected chi connectivity index (χ1v) is 23.4. The second-order valence-corrected chi connectivity index (χ2v) is 17.4. The summed E-state index contributed by atoms with van der Waals surface area (Å²) in [5, 5.41) is 1.11. The minimum absolute atomic E-state index is 0.838. The molecule has 0 N–H and O–H groups in total. The fraction of sp³-hybridized carbons (Fsp3) is 0.0625. The number of benzene rings is 7. The third-order valence-electron chi connectivity index (χ3n) is 12.9. The lowest BCUT2D eigenvalue weighted by Crippen LogP contribution is -1.98. The van der Waals surface area contributed by atoms with Crippen molar-refractivity contribution in [3.63, 3.8) is 0 Å². The van der Waals surface area contributed by atoms with Gasteiger partial charge in [-0.25, -0.2) is 4.98 Å². The van der Waals surface area contributed by atoms with Gasteiger partial charge in [0.1, 0.15) is 0 Å². The summed E-state index contributed by atoms with van der Waals surface area (Å²) in [6.45, 7) is 0. The molecule has 0 atom stereocenters. The van der Waals surface area contributed by atoms with Gasteiger partial charge in [-0.2, -0.15) is 0 Å². The molecule has 0 aliphatic rings. The molecule has 4 heteroatoms. The van der Waals surface area contributed by atoms with Gasteiger partial charge in [-0.05, 0) is 129 Å². The molecule has 11 rings (SSSR count). The van der Waals surface area contributed by atoms with Crippen LogP contribution < -0.4 is 0 Å². The summed E-state index contributed by atoms with van der Waals surface area (Å²) in [7, 11) is 0. The molecular formula is C64H48N4. The SMILES string of the molecule is c1ccc(-c2ccc(-c3cc(-c4ccc5ccccc5n4)ncc3-c3ccccc3-c3cc(CCc4ccc(-c5ccccn5)cc4)cc(CCc4ccc(-c5ccccn5)cc4)c3)cc2)cc1. The Morgan fingerprint density at radius 3 is 1.43 bits per heavy atom. The number of aromatic nitrogens is 4. The molecule has 11 aromatic rings. The van der Waals surface area contributed by atoms with E-state index in [9.17, 15) is 0 Å². The molecular weight excluding hydrogens is 825 g/mol. The highest BCUT2D eigenvalue weighted by Gasteiger charge is 2.17. The van der Waals surface area contributed by atoms with Crippen LogP contribution >= 0.6 is 0 Å². The molecule has 0 saturated carbocycles. The fourth-order valence-electron chi connectivity index (χ4n) is 9.24. The van der Waals surface area contributed by atoms with Crippen molar-refractivity contribution in [3.8, 4) is 78.4 Å². The van der Waals surface area contributed by atoms with Gasteiger partial charge in [0, 0.05) is 40.7 Å². The lowest BCUT2D eigenvalue weighted by Gasteiger charge is -2.18. The lowest BCUT2D eigenvalue weighted by molar-refractivity contribution is 0.931. The zero-order chi connectivity index (χ0) is 45.5. The van der Waals surface area contributed by atoms with Gasteiger partial charge in [0.05, 0.1) is 28.3 Å². The zero-order valence-electron chi connectivity index (χ0n) is 37.7. The standard InChI is InChI=1S/C64H48N4/c1-2-12-49(13-3-1)50-32-34-51(35-33-50)58-43-64(63-37-36-52-14-4-7-19-62(52)68-63)67-44-59(58)57-16-6-5-15-56(57)55-41-47(22-20-45-24-28-53(29-25-45)60-17-8-10-38-65-60)40-48(42-55)23-21-46-26-30-54(31-27-46)61-18-9-11-39-66-61/h1-19,24-44H,20-23H2. The minimum atomic E-state index is 0.838. The monoisotopic (exact) mass is 872 g/mol. The highest BCUT2D eigenvalue weighted by Crippen LogP contribution is 2.41. The van der Waals surface area contributed by atoms with E-state index in [2.05, 4.69) is 210 Å². The largest absolute Gasteiger partial charge is 0.256 e. The van der Waals surface area contributed by atoms with Crippen molar-refractivity contribution in [1.82, 2.24) is 19.9 Å². The summed E-state index contributed by atoms with van der Waals surface area (Å²) in [6.07, 6.45) is 9.45. The molecule has 0 unspecified atom stereocenters. The Labute approximate surface area is 398 Å². The van der Waals surface area contributed by atoms with Crippen LogP contribution in [0.5, 0.6) is 0 Å². The van der Waals surface area contributed by atoms with E-state index in [0.29, 0.717) is 0 Å². The molecule has 4 heterocycles. The number of aryl methyl sites for hydroxylation is 4. The zero-order valence-corrected chi connectivity index (χ0v) is 37.7. The molecule has 4 nitrogen and oxygen atoms in total. The van der Waals surface area contributed by atoms with E-state index in [1.807, 2.05) is 42.7 Å². The number of rotatable bonds is 13. The van der Waals surface area contributed by atoms with Crippen LogP contribution in [-0.4, -0.2) is 19.9 Å². The van der Waals surface area contributed by atoms with Crippen LogP contribution in [0.2, 0.25) is 0 Å². The average Bonchev–Trinajstić information content (AvgIpc) is 3.42. The van der Waals surface area contributed by atoms with Crippen LogP contribution in [0, 0.1) is 0 Å². The predicted molar refractivity (Wildman–Crippen MR) is 281 cm³/mol. The van der Waals surface area contributed by atoms with E-state index in [1.54, 1.807) is 0 Å². The minimum Gasteiger partial charge on any atom is -0.256 e. The number of hydrogen-bond donors (Lipinski definition) is 0. The molecule has 68 heavy (non-hydrogen) atoms. The maximum atomic E-state index is 5.16. The molecule has 0 aliphatic carbocycles. The van der Waals surface area contributed by atoms with E-state index in [-0.39, 0.29) is 0 Å².